The largest absolute Gasteiger partial charge is 0.480 e. The molecule has 0 aliphatic rings. The molecular formula is C19H39NO2. The maximum atomic E-state index is 11.4. The second kappa shape index (κ2) is 15.3. The van der Waals surface area contributed by atoms with Crippen LogP contribution in [0.4, 0.5) is 0 Å². The van der Waals surface area contributed by atoms with Crippen molar-refractivity contribution in [1.29, 1.82) is 0 Å². The summed E-state index contributed by atoms with van der Waals surface area (Å²) in [4.78, 5) is 11.4. The number of carboxylic acids is 1. The first-order valence-electron chi connectivity index (χ1n) is 9.61. The molecule has 0 spiro atoms. The quantitative estimate of drug-likeness (QED) is 0.376. The van der Waals surface area contributed by atoms with Crippen molar-refractivity contribution in [3.63, 3.8) is 0 Å². The first-order valence-corrected chi connectivity index (χ1v) is 9.61. The highest BCUT2D eigenvalue weighted by Gasteiger charge is 2.17. The van der Waals surface area contributed by atoms with E-state index in [1.807, 2.05) is 0 Å². The van der Waals surface area contributed by atoms with Gasteiger partial charge in [0.15, 0.2) is 0 Å². The molecule has 0 aromatic rings. The fraction of sp³-hybridized carbons (Fsp3) is 0.947. The van der Waals surface area contributed by atoms with Crippen LogP contribution in [0.15, 0.2) is 0 Å². The van der Waals surface area contributed by atoms with Crippen molar-refractivity contribution >= 4 is 5.97 Å². The average molecular weight is 314 g/mol. The number of rotatable bonds is 16. The Hall–Kier alpha value is -0.570. The highest BCUT2D eigenvalue weighted by molar-refractivity contribution is 5.73. The van der Waals surface area contributed by atoms with E-state index in [9.17, 15) is 9.90 Å². The summed E-state index contributed by atoms with van der Waals surface area (Å²) in [5.41, 5.74) is 0. The molecule has 0 aromatic carbocycles. The van der Waals surface area contributed by atoms with Gasteiger partial charge in [0.2, 0.25) is 0 Å². The number of carboxylic acid groups (broad SMARTS) is 1. The van der Waals surface area contributed by atoms with Gasteiger partial charge in [-0.15, -0.1) is 0 Å². The van der Waals surface area contributed by atoms with Crippen LogP contribution in [0, 0.1) is 5.92 Å². The Kier molecular flexibility index (Phi) is 14.9. The van der Waals surface area contributed by atoms with Gasteiger partial charge in [-0.05, 0) is 25.3 Å². The number of hydrogen-bond donors (Lipinski definition) is 2. The Morgan fingerprint density at radius 3 is 2.00 bits per heavy atom. The summed E-state index contributed by atoms with van der Waals surface area (Å²) in [7, 11) is 0. The van der Waals surface area contributed by atoms with Gasteiger partial charge in [0.25, 0.3) is 0 Å². The maximum Gasteiger partial charge on any atom is 0.320 e. The predicted octanol–water partition coefficient (Wildman–Crippen LogP) is 5.39. The Labute approximate surface area is 138 Å². The van der Waals surface area contributed by atoms with Crippen molar-refractivity contribution in [1.82, 2.24) is 5.32 Å². The summed E-state index contributed by atoms with van der Waals surface area (Å²) in [5, 5.41) is 12.6. The van der Waals surface area contributed by atoms with Gasteiger partial charge < -0.3 is 10.4 Å². The molecule has 0 rings (SSSR count). The molecule has 2 unspecified atom stereocenters. The summed E-state index contributed by atoms with van der Waals surface area (Å²) in [6.07, 6.45) is 14.3. The SMILES string of the molecule is CCCCCCCCCC(NCC(CC)CCCC)C(=O)O. The lowest BCUT2D eigenvalue weighted by Gasteiger charge is -2.19. The molecule has 0 saturated heterocycles. The first-order chi connectivity index (χ1) is 10.7. The zero-order valence-corrected chi connectivity index (χ0v) is 15.2. The predicted molar refractivity (Wildman–Crippen MR) is 95.3 cm³/mol. The highest BCUT2D eigenvalue weighted by Crippen LogP contribution is 2.13. The van der Waals surface area contributed by atoms with Crippen LogP contribution < -0.4 is 5.32 Å². The standard InChI is InChI=1S/C19H39NO2/c1-4-7-9-10-11-12-13-15-18(19(21)22)20-16-17(6-3)14-8-5-2/h17-18,20H,4-16H2,1-3H3,(H,21,22). The minimum atomic E-state index is -0.684. The molecule has 132 valence electrons. The number of hydrogen-bond acceptors (Lipinski definition) is 2. The average Bonchev–Trinajstić information content (AvgIpc) is 2.51. The second-order valence-electron chi connectivity index (χ2n) is 6.63. The van der Waals surface area contributed by atoms with E-state index in [0.717, 1.165) is 25.8 Å². The van der Waals surface area contributed by atoms with E-state index in [4.69, 9.17) is 0 Å². The monoisotopic (exact) mass is 313 g/mol. The molecule has 0 amide bonds. The highest BCUT2D eigenvalue weighted by atomic mass is 16.4. The number of aliphatic carboxylic acids is 1. The molecule has 0 aliphatic carbocycles. The molecule has 2 N–H and O–H groups in total. The first kappa shape index (κ1) is 21.4. The normalized spacial score (nSPS) is 14.0. The number of unbranched alkanes of at least 4 members (excludes halogenated alkanes) is 7. The maximum absolute atomic E-state index is 11.4. The summed E-state index contributed by atoms with van der Waals surface area (Å²) in [5.74, 6) is -0.0628. The van der Waals surface area contributed by atoms with Crippen LogP contribution in [0.2, 0.25) is 0 Å². The lowest BCUT2D eigenvalue weighted by Crippen LogP contribution is -2.39. The van der Waals surface area contributed by atoms with Gasteiger partial charge in [-0.2, -0.15) is 0 Å². The van der Waals surface area contributed by atoms with E-state index in [-0.39, 0.29) is 6.04 Å². The molecule has 0 aliphatic heterocycles. The van der Waals surface area contributed by atoms with E-state index in [1.165, 1.54) is 57.8 Å². The molecule has 0 heterocycles. The fourth-order valence-electron chi connectivity index (χ4n) is 2.87. The molecule has 0 aromatic heterocycles. The van der Waals surface area contributed by atoms with E-state index in [2.05, 4.69) is 26.1 Å². The third-order valence-corrected chi connectivity index (χ3v) is 4.59. The zero-order chi connectivity index (χ0) is 16.6. The van der Waals surface area contributed by atoms with Gasteiger partial charge in [-0.3, -0.25) is 4.79 Å². The third kappa shape index (κ3) is 12.0. The van der Waals surface area contributed by atoms with Crippen molar-refractivity contribution < 1.29 is 9.90 Å². The lowest BCUT2D eigenvalue weighted by molar-refractivity contribution is -0.139. The minimum Gasteiger partial charge on any atom is -0.480 e. The van der Waals surface area contributed by atoms with Crippen molar-refractivity contribution in [2.45, 2.75) is 104 Å². The Balaban J connectivity index is 3.83. The van der Waals surface area contributed by atoms with E-state index in [0.29, 0.717) is 5.92 Å². The van der Waals surface area contributed by atoms with Crippen LogP contribution in [0.5, 0.6) is 0 Å². The molecule has 0 bridgehead atoms. The van der Waals surface area contributed by atoms with Crippen molar-refractivity contribution in [3.8, 4) is 0 Å². The Morgan fingerprint density at radius 1 is 0.864 bits per heavy atom. The second-order valence-corrected chi connectivity index (χ2v) is 6.63. The summed E-state index contributed by atoms with van der Waals surface area (Å²) >= 11 is 0. The molecule has 0 fully saturated rings. The van der Waals surface area contributed by atoms with Crippen LogP contribution in [-0.2, 0) is 4.79 Å². The van der Waals surface area contributed by atoms with Gasteiger partial charge >= 0.3 is 5.97 Å². The van der Waals surface area contributed by atoms with Gasteiger partial charge in [-0.25, -0.2) is 0 Å². The summed E-state index contributed by atoms with van der Waals surface area (Å²) < 4.78 is 0. The molecular weight excluding hydrogens is 274 g/mol. The smallest absolute Gasteiger partial charge is 0.320 e. The molecule has 0 saturated carbocycles. The third-order valence-electron chi connectivity index (χ3n) is 4.59. The van der Waals surface area contributed by atoms with E-state index in [1.54, 1.807) is 0 Å². The Morgan fingerprint density at radius 2 is 1.45 bits per heavy atom. The van der Waals surface area contributed by atoms with E-state index < -0.39 is 5.97 Å². The van der Waals surface area contributed by atoms with Crippen LogP contribution in [0.25, 0.3) is 0 Å². The molecule has 22 heavy (non-hydrogen) atoms. The fourth-order valence-corrected chi connectivity index (χ4v) is 2.87. The zero-order valence-electron chi connectivity index (χ0n) is 15.2. The Bertz CT molecular complexity index is 256. The molecule has 3 heteroatoms. The van der Waals surface area contributed by atoms with Crippen LogP contribution in [0.1, 0.15) is 97.8 Å². The van der Waals surface area contributed by atoms with Crippen LogP contribution in [0.3, 0.4) is 0 Å². The topological polar surface area (TPSA) is 49.3 Å². The van der Waals surface area contributed by atoms with Gasteiger partial charge in [-0.1, -0.05) is 85.0 Å². The lowest BCUT2D eigenvalue weighted by atomic mass is 9.98. The molecule has 2 atom stereocenters. The van der Waals surface area contributed by atoms with Crippen LogP contribution in [-0.4, -0.2) is 23.7 Å². The molecule has 0 radical (unpaired) electrons. The van der Waals surface area contributed by atoms with Crippen molar-refractivity contribution in [3.05, 3.63) is 0 Å². The van der Waals surface area contributed by atoms with Crippen LogP contribution >= 0.6 is 0 Å². The molecule has 3 nitrogen and oxygen atoms in total. The van der Waals surface area contributed by atoms with Crippen molar-refractivity contribution in [2.24, 2.45) is 5.92 Å². The van der Waals surface area contributed by atoms with Gasteiger partial charge in [0, 0.05) is 0 Å². The summed E-state index contributed by atoms with van der Waals surface area (Å²) in [6.45, 7) is 7.49. The van der Waals surface area contributed by atoms with Crippen molar-refractivity contribution in [2.75, 3.05) is 6.54 Å². The van der Waals surface area contributed by atoms with Gasteiger partial charge in [0.05, 0.1) is 0 Å². The summed E-state index contributed by atoms with van der Waals surface area (Å²) in [6, 6.07) is -0.355. The number of carbonyl (C=O) groups is 1. The minimum absolute atomic E-state index is 0.355. The van der Waals surface area contributed by atoms with E-state index >= 15 is 0 Å². The number of nitrogens with one attached hydrogen (secondary N) is 1. The van der Waals surface area contributed by atoms with Gasteiger partial charge in [0.1, 0.15) is 6.04 Å².